The highest BCUT2D eigenvalue weighted by Gasteiger charge is 2.47. The first-order chi connectivity index (χ1) is 7.59. The Labute approximate surface area is 97.6 Å². The van der Waals surface area contributed by atoms with Gasteiger partial charge in [-0.15, -0.1) is 0 Å². The van der Waals surface area contributed by atoms with E-state index < -0.39 is 0 Å². The van der Waals surface area contributed by atoms with Gasteiger partial charge in [0, 0.05) is 18.6 Å². The van der Waals surface area contributed by atoms with Crippen molar-refractivity contribution in [2.24, 2.45) is 5.41 Å². The first-order valence-corrected chi connectivity index (χ1v) is 6.63. The van der Waals surface area contributed by atoms with Gasteiger partial charge in [-0.25, -0.2) is 0 Å². The van der Waals surface area contributed by atoms with Crippen LogP contribution in [0.25, 0.3) is 0 Å². The third-order valence-corrected chi connectivity index (χ3v) is 4.80. The van der Waals surface area contributed by atoms with Crippen molar-refractivity contribution in [1.82, 2.24) is 10.2 Å². The number of rotatable bonds is 3. The van der Waals surface area contributed by atoms with E-state index in [2.05, 4.69) is 17.1 Å². The molecule has 1 saturated heterocycles. The topological polar surface area (TPSA) is 32.3 Å². The van der Waals surface area contributed by atoms with E-state index in [4.69, 9.17) is 0 Å². The first-order valence-electron chi connectivity index (χ1n) is 6.63. The lowest BCUT2D eigenvalue weighted by atomic mass is 9.63. The molecule has 1 amide bonds. The molecule has 0 aromatic rings. The summed E-state index contributed by atoms with van der Waals surface area (Å²) in [6.45, 7) is 5.11. The highest BCUT2D eigenvalue weighted by molar-refractivity contribution is 5.79. The maximum atomic E-state index is 11.8. The summed E-state index contributed by atoms with van der Waals surface area (Å²) in [4.78, 5) is 14.1. The molecule has 3 rings (SSSR count). The fourth-order valence-corrected chi connectivity index (χ4v) is 3.42. The number of hydrogen-bond donors (Lipinski definition) is 1. The van der Waals surface area contributed by atoms with Gasteiger partial charge in [0.15, 0.2) is 0 Å². The largest absolute Gasteiger partial charge is 0.350 e. The van der Waals surface area contributed by atoms with E-state index in [9.17, 15) is 4.79 Å². The van der Waals surface area contributed by atoms with Crippen molar-refractivity contribution in [2.45, 2.75) is 51.0 Å². The summed E-state index contributed by atoms with van der Waals surface area (Å²) in [6.07, 6.45) is 7.76. The first kappa shape index (κ1) is 10.6. The molecule has 16 heavy (non-hydrogen) atoms. The molecule has 2 aliphatic carbocycles. The summed E-state index contributed by atoms with van der Waals surface area (Å²) in [7, 11) is 0. The number of amides is 1. The monoisotopic (exact) mass is 222 g/mol. The zero-order valence-corrected chi connectivity index (χ0v) is 10.2. The number of nitrogens with zero attached hydrogens (tertiary/aromatic N) is 1. The molecule has 1 N–H and O–H groups in total. The molecule has 0 bridgehead atoms. The van der Waals surface area contributed by atoms with Crippen molar-refractivity contribution < 1.29 is 4.79 Å². The van der Waals surface area contributed by atoms with E-state index in [1.54, 1.807) is 0 Å². The number of likely N-dealkylation sites (tertiary alicyclic amines) is 1. The van der Waals surface area contributed by atoms with Crippen LogP contribution >= 0.6 is 0 Å². The summed E-state index contributed by atoms with van der Waals surface area (Å²) >= 11 is 0. The van der Waals surface area contributed by atoms with Crippen molar-refractivity contribution in [3.8, 4) is 0 Å². The molecule has 0 aromatic carbocycles. The minimum atomic E-state index is 0.121. The zero-order valence-electron chi connectivity index (χ0n) is 10.2. The van der Waals surface area contributed by atoms with Gasteiger partial charge in [-0.05, 0) is 44.4 Å². The van der Waals surface area contributed by atoms with Crippen LogP contribution in [0.1, 0.15) is 45.4 Å². The SMILES string of the molecule is CC1(NC(=O)CN2CC3(CCC3)C2)CCC1. The molecule has 3 aliphatic rings. The van der Waals surface area contributed by atoms with E-state index in [-0.39, 0.29) is 11.4 Å². The number of nitrogens with one attached hydrogen (secondary N) is 1. The summed E-state index contributed by atoms with van der Waals surface area (Å²) in [5.74, 6) is 0.233. The molecule has 90 valence electrons. The Bertz CT molecular complexity index is 297. The predicted molar refractivity (Wildman–Crippen MR) is 63.1 cm³/mol. The standard InChI is InChI=1S/C13H22N2O/c1-12(4-2-5-12)14-11(16)8-15-9-13(10-15)6-3-7-13/h2-10H2,1H3,(H,14,16). The van der Waals surface area contributed by atoms with Crippen molar-refractivity contribution in [1.29, 1.82) is 0 Å². The van der Waals surface area contributed by atoms with Crippen LogP contribution in [-0.2, 0) is 4.79 Å². The molecular formula is C13H22N2O. The lowest BCUT2D eigenvalue weighted by molar-refractivity contribution is -0.131. The van der Waals surface area contributed by atoms with E-state index in [0.717, 1.165) is 25.9 Å². The summed E-state index contributed by atoms with van der Waals surface area (Å²) in [5, 5.41) is 3.17. The summed E-state index contributed by atoms with van der Waals surface area (Å²) in [5.41, 5.74) is 0.761. The third kappa shape index (κ3) is 1.75. The van der Waals surface area contributed by atoms with Crippen LogP contribution in [0.15, 0.2) is 0 Å². The molecule has 1 spiro atoms. The molecule has 0 unspecified atom stereocenters. The number of carbonyl (C=O) groups excluding carboxylic acids is 1. The van der Waals surface area contributed by atoms with Crippen molar-refractivity contribution in [2.75, 3.05) is 19.6 Å². The van der Waals surface area contributed by atoms with Gasteiger partial charge in [-0.2, -0.15) is 0 Å². The Balaban J connectivity index is 1.40. The van der Waals surface area contributed by atoms with Crippen molar-refractivity contribution in [3.05, 3.63) is 0 Å². The molecule has 3 nitrogen and oxygen atoms in total. The lowest BCUT2D eigenvalue weighted by Gasteiger charge is -2.56. The van der Waals surface area contributed by atoms with E-state index in [0.29, 0.717) is 12.0 Å². The molecule has 0 aromatic heterocycles. The average Bonchev–Trinajstić information content (AvgIpc) is 2.04. The highest BCUT2D eigenvalue weighted by Crippen LogP contribution is 2.47. The molecule has 0 radical (unpaired) electrons. The normalized spacial score (nSPS) is 30.1. The van der Waals surface area contributed by atoms with Gasteiger partial charge in [0.05, 0.1) is 6.54 Å². The second-order valence-electron chi connectivity index (χ2n) is 6.46. The van der Waals surface area contributed by atoms with Crippen LogP contribution in [0, 0.1) is 5.41 Å². The second kappa shape index (κ2) is 3.46. The molecule has 3 heteroatoms. The molecule has 2 saturated carbocycles. The van der Waals surface area contributed by atoms with Crippen LogP contribution in [0.4, 0.5) is 0 Å². The van der Waals surface area contributed by atoms with Gasteiger partial charge in [-0.1, -0.05) is 6.42 Å². The Morgan fingerprint density at radius 2 is 1.81 bits per heavy atom. The Morgan fingerprint density at radius 1 is 1.19 bits per heavy atom. The fourth-order valence-electron chi connectivity index (χ4n) is 3.42. The van der Waals surface area contributed by atoms with E-state index in [1.165, 1.54) is 25.7 Å². The van der Waals surface area contributed by atoms with Gasteiger partial charge in [-0.3, -0.25) is 9.69 Å². The van der Waals surface area contributed by atoms with Gasteiger partial charge < -0.3 is 5.32 Å². The minimum absolute atomic E-state index is 0.121. The Hall–Kier alpha value is -0.570. The van der Waals surface area contributed by atoms with Crippen LogP contribution in [0.2, 0.25) is 0 Å². The minimum Gasteiger partial charge on any atom is -0.350 e. The van der Waals surface area contributed by atoms with Gasteiger partial charge in [0.2, 0.25) is 5.91 Å². The maximum Gasteiger partial charge on any atom is 0.234 e. The van der Waals surface area contributed by atoms with Crippen LogP contribution in [0.3, 0.4) is 0 Å². The molecule has 1 heterocycles. The fraction of sp³-hybridized carbons (Fsp3) is 0.923. The van der Waals surface area contributed by atoms with Crippen LogP contribution in [0.5, 0.6) is 0 Å². The van der Waals surface area contributed by atoms with Gasteiger partial charge in [0.1, 0.15) is 0 Å². The van der Waals surface area contributed by atoms with Crippen molar-refractivity contribution in [3.63, 3.8) is 0 Å². The lowest BCUT2D eigenvalue weighted by Crippen LogP contribution is -2.62. The predicted octanol–water partition coefficient (Wildman–Crippen LogP) is 1.53. The average molecular weight is 222 g/mol. The van der Waals surface area contributed by atoms with E-state index >= 15 is 0 Å². The second-order valence-corrected chi connectivity index (χ2v) is 6.46. The quantitative estimate of drug-likeness (QED) is 0.785. The summed E-state index contributed by atoms with van der Waals surface area (Å²) < 4.78 is 0. The summed E-state index contributed by atoms with van der Waals surface area (Å²) in [6, 6.07) is 0. The van der Waals surface area contributed by atoms with Gasteiger partial charge >= 0.3 is 0 Å². The number of carbonyl (C=O) groups is 1. The molecular weight excluding hydrogens is 200 g/mol. The smallest absolute Gasteiger partial charge is 0.234 e. The zero-order chi connectivity index (χ0) is 11.2. The van der Waals surface area contributed by atoms with Crippen molar-refractivity contribution >= 4 is 5.91 Å². The Morgan fingerprint density at radius 3 is 2.25 bits per heavy atom. The van der Waals surface area contributed by atoms with Crippen LogP contribution in [-0.4, -0.2) is 36.0 Å². The van der Waals surface area contributed by atoms with Crippen LogP contribution < -0.4 is 5.32 Å². The number of hydrogen-bond acceptors (Lipinski definition) is 2. The highest BCUT2D eigenvalue weighted by atomic mass is 16.2. The van der Waals surface area contributed by atoms with Gasteiger partial charge in [0.25, 0.3) is 0 Å². The molecule has 1 aliphatic heterocycles. The maximum absolute atomic E-state index is 11.8. The Kier molecular flexibility index (Phi) is 2.29. The third-order valence-electron chi connectivity index (χ3n) is 4.80. The molecule has 0 atom stereocenters. The molecule has 3 fully saturated rings. The van der Waals surface area contributed by atoms with E-state index in [1.807, 2.05) is 0 Å².